The summed E-state index contributed by atoms with van der Waals surface area (Å²) < 4.78 is 0. The van der Waals surface area contributed by atoms with Gasteiger partial charge in [0.2, 0.25) is 0 Å². The highest BCUT2D eigenvalue weighted by atomic mass is 15.1. The summed E-state index contributed by atoms with van der Waals surface area (Å²) in [6, 6.07) is 15.8. The smallest absolute Gasteiger partial charge is 0.0429 e. The van der Waals surface area contributed by atoms with Crippen LogP contribution in [0.15, 0.2) is 42.5 Å². The molecule has 0 saturated heterocycles. The number of nitrogens with one attached hydrogen (secondary N) is 1. The molecule has 0 spiro atoms. The van der Waals surface area contributed by atoms with E-state index in [0.717, 1.165) is 32.6 Å². The number of hydrogen-bond acceptors (Lipinski definition) is 2. The molecule has 0 saturated carbocycles. The van der Waals surface area contributed by atoms with E-state index in [2.05, 4.69) is 66.5 Å². The normalized spacial score (nSPS) is 13.8. The number of nitrogens with zero attached hydrogens (tertiary/aromatic N) is 1. The maximum absolute atomic E-state index is 3.46. The van der Waals surface area contributed by atoms with Crippen molar-refractivity contribution in [2.75, 3.05) is 18.0 Å². The first kappa shape index (κ1) is 14.2. The van der Waals surface area contributed by atoms with Crippen molar-refractivity contribution in [1.82, 2.24) is 5.32 Å². The summed E-state index contributed by atoms with van der Waals surface area (Å²) in [6.07, 6.45) is 1.16. The third-order valence-electron chi connectivity index (χ3n) is 4.31. The molecular formula is C19H24N2. The first-order chi connectivity index (χ1) is 10.3. The zero-order chi connectivity index (χ0) is 14.7. The number of rotatable bonds is 4. The van der Waals surface area contributed by atoms with E-state index in [1.807, 2.05) is 0 Å². The molecule has 0 bridgehead atoms. The summed E-state index contributed by atoms with van der Waals surface area (Å²) in [7, 11) is 0. The predicted octanol–water partition coefficient (Wildman–Crippen LogP) is 3.67. The molecule has 2 nitrogen and oxygen atoms in total. The van der Waals surface area contributed by atoms with E-state index in [1.54, 1.807) is 0 Å². The molecule has 1 heterocycles. The topological polar surface area (TPSA) is 15.3 Å². The van der Waals surface area contributed by atoms with Crippen LogP contribution in [-0.2, 0) is 19.5 Å². The molecule has 0 unspecified atom stereocenters. The minimum absolute atomic E-state index is 0.979. The van der Waals surface area contributed by atoms with Gasteiger partial charge in [-0.05, 0) is 55.6 Å². The molecule has 1 N–H and O–H groups in total. The predicted molar refractivity (Wildman–Crippen MR) is 89.8 cm³/mol. The van der Waals surface area contributed by atoms with Crippen LogP contribution in [0.25, 0.3) is 0 Å². The fourth-order valence-corrected chi connectivity index (χ4v) is 2.99. The molecule has 0 aromatic heterocycles. The van der Waals surface area contributed by atoms with Crippen LogP contribution in [0.4, 0.5) is 5.69 Å². The first-order valence-electron chi connectivity index (χ1n) is 7.89. The Hall–Kier alpha value is -1.80. The molecule has 0 atom stereocenters. The Bertz CT molecular complexity index is 601. The molecule has 0 aliphatic carbocycles. The van der Waals surface area contributed by atoms with Crippen LogP contribution in [0.2, 0.25) is 0 Å². The largest absolute Gasteiger partial charge is 0.367 e. The van der Waals surface area contributed by atoms with Gasteiger partial charge in [0.15, 0.2) is 0 Å². The zero-order valence-electron chi connectivity index (χ0n) is 13.0. The first-order valence-corrected chi connectivity index (χ1v) is 7.89. The van der Waals surface area contributed by atoms with Gasteiger partial charge < -0.3 is 10.2 Å². The summed E-state index contributed by atoms with van der Waals surface area (Å²) >= 11 is 0. The minimum atomic E-state index is 0.979. The van der Waals surface area contributed by atoms with Crippen LogP contribution in [-0.4, -0.2) is 13.1 Å². The van der Waals surface area contributed by atoms with Crippen LogP contribution >= 0.6 is 0 Å². The van der Waals surface area contributed by atoms with Crippen molar-refractivity contribution < 1.29 is 0 Å². The Morgan fingerprint density at radius 2 is 1.86 bits per heavy atom. The maximum Gasteiger partial charge on any atom is 0.0429 e. The second kappa shape index (κ2) is 6.31. The lowest BCUT2D eigenvalue weighted by atomic mass is 9.98. The molecule has 1 aliphatic heterocycles. The van der Waals surface area contributed by atoms with Crippen molar-refractivity contribution >= 4 is 5.69 Å². The van der Waals surface area contributed by atoms with Crippen LogP contribution in [0.5, 0.6) is 0 Å². The van der Waals surface area contributed by atoms with Gasteiger partial charge >= 0.3 is 0 Å². The lowest BCUT2D eigenvalue weighted by molar-refractivity contribution is 0.642. The lowest BCUT2D eigenvalue weighted by Gasteiger charge is -2.25. The Balaban J connectivity index is 1.79. The fourth-order valence-electron chi connectivity index (χ4n) is 2.99. The van der Waals surface area contributed by atoms with E-state index in [9.17, 15) is 0 Å². The SMILES string of the molecule is CCN(Cc1ccc2c(c1)CNCC2)c1ccc(C)cc1. The highest BCUT2D eigenvalue weighted by molar-refractivity contribution is 5.48. The second-order valence-corrected chi connectivity index (χ2v) is 5.88. The molecule has 0 radical (unpaired) electrons. The Labute approximate surface area is 127 Å². The minimum Gasteiger partial charge on any atom is -0.367 e. The van der Waals surface area contributed by atoms with Crippen molar-refractivity contribution in [3.63, 3.8) is 0 Å². The Morgan fingerprint density at radius 1 is 1.05 bits per heavy atom. The quantitative estimate of drug-likeness (QED) is 0.919. The fraction of sp³-hybridized carbons (Fsp3) is 0.368. The molecule has 0 fully saturated rings. The molecule has 1 aliphatic rings. The lowest BCUT2D eigenvalue weighted by Crippen LogP contribution is -2.25. The summed E-state index contributed by atoms with van der Waals surface area (Å²) in [5.41, 5.74) is 7.00. The highest BCUT2D eigenvalue weighted by Gasteiger charge is 2.11. The summed E-state index contributed by atoms with van der Waals surface area (Å²) in [6.45, 7) is 8.48. The van der Waals surface area contributed by atoms with Gasteiger partial charge in [-0.3, -0.25) is 0 Å². The van der Waals surface area contributed by atoms with Gasteiger partial charge in [0.05, 0.1) is 0 Å². The number of fused-ring (bicyclic) bond motifs is 1. The monoisotopic (exact) mass is 280 g/mol. The summed E-state index contributed by atoms with van der Waals surface area (Å²) in [4.78, 5) is 2.43. The van der Waals surface area contributed by atoms with E-state index < -0.39 is 0 Å². The van der Waals surface area contributed by atoms with E-state index in [1.165, 1.54) is 27.9 Å². The van der Waals surface area contributed by atoms with Crippen LogP contribution in [0, 0.1) is 6.92 Å². The van der Waals surface area contributed by atoms with Crippen molar-refractivity contribution in [1.29, 1.82) is 0 Å². The number of aryl methyl sites for hydroxylation is 1. The second-order valence-electron chi connectivity index (χ2n) is 5.88. The van der Waals surface area contributed by atoms with Crippen LogP contribution in [0.1, 0.15) is 29.2 Å². The van der Waals surface area contributed by atoms with Crippen molar-refractivity contribution in [2.24, 2.45) is 0 Å². The standard InChI is InChI=1S/C19H24N2/c1-3-21(19-8-4-15(2)5-9-19)14-16-6-7-17-10-11-20-13-18(17)12-16/h4-9,12,20H,3,10-11,13-14H2,1-2H3. The molecular weight excluding hydrogens is 256 g/mol. The van der Waals surface area contributed by atoms with Crippen molar-refractivity contribution in [3.8, 4) is 0 Å². The Kier molecular flexibility index (Phi) is 4.26. The van der Waals surface area contributed by atoms with Gasteiger partial charge in [0.1, 0.15) is 0 Å². The molecule has 2 aromatic rings. The highest BCUT2D eigenvalue weighted by Crippen LogP contribution is 2.21. The van der Waals surface area contributed by atoms with Gasteiger partial charge in [-0.1, -0.05) is 35.9 Å². The zero-order valence-corrected chi connectivity index (χ0v) is 13.0. The van der Waals surface area contributed by atoms with Gasteiger partial charge in [-0.2, -0.15) is 0 Å². The van der Waals surface area contributed by atoms with E-state index >= 15 is 0 Å². The summed E-state index contributed by atoms with van der Waals surface area (Å²) in [5.74, 6) is 0. The van der Waals surface area contributed by atoms with Crippen molar-refractivity contribution in [3.05, 3.63) is 64.7 Å². The van der Waals surface area contributed by atoms with Crippen LogP contribution < -0.4 is 10.2 Å². The molecule has 21 heavy (non-hydrogen) atoms. The van der Waals surface area contributed by atoms with Crippen molar-refractivity contribution in [2.45, 2.75) is 33.4 Å². The maximum atomic E-state index is 3.46. The molecule has 3 rings (SSSR count). The molecule has 2 heteroatoms. The number of hydrogen-bond donors (Lipinski definition) is 1. The number of benzene rings is 2. The van der Waals surface area contributed by atoms with Gasteiger partial charge in [-0.25, -0.2) is 0 Å². The van der Waals surface area contributed by atoms with Gasteiger partial charge in [-0.15, -0.1) is 0 Å². The molecule has 0 amide bonds. The molecule has 110 valence electrons. The van der Waals surface area contributed by atoms with E-state index in [-0.39, 0.29) is 0 Å². The average Bonchev–Trinajstić information content (AvgIpc) is 2.53. The van der Waals surface area contributed by atoms with Gasteiger partial charge in [0, 0.05) is 25.3 Å². The summed E-state index contributed by atoms with van der Waals surface area (Å²) in [5, 5.41) is 3.46. The molecule has 2 aromatic carbocycles. The van der Waals surface area contributed by atoms with E-state index in [0.29, 0.717) is 0 Å². The van der Waals surface area contributed by atoms with Crippen LogP contribution in [0.3, 0.4) is 0 Å². The third kappa shape index (κ3) is 3.27. The average molecular weight is 280 g/mol. The third-order valence-corrected chi connectivity index (χ3v) is 4.31. The van der Waals surface area contributed by atoms with E-state index in [4.69, 9.17) is 0 Å². The Morgan fingerprint density at radius 3 is 2.62 bits per heavy atom. The van der Waals surface area contributed by atoms with Gasteiger partial charge in [0.25, 0.3) is 0 Å². The number of anilines is 1.